The highest BCUT2D eigenvalue weighted by Crippen LogP contribution is 2.59. The third kappa shape index (κ3) is 4.65. The van der Waals surface area contributed by atoms with Crippen LogP contribution >= 0.6 is 7.82 Å². The lowest BCUT2D eigenvalue weighted by Crippen LogP contribution is -2.49. The van der Waals surface area contributed by atoms with Crippen molar-refractivity contribution < 1.29 is 37.1 Å². The molecule has 0 aromatic heterocycles. The van der Waals surface area contributed by atoms with Crippen molar-refractivity contribution in [2.45, 2.75) is 76.2 Å². The second-order valence-electron chi connectivity index (χ2n) is 8.70. The van der Waals surface area contributed by atoms with E-state index in [0.717, 1.165) is 0 Å². The minimum Gasteiger partial charge on any atom is -0.404 e. The van der Waals surface area contributed by atoms with Gasteiger partial charge in [-0.2, -0.15) is 0 Å². The van der Waals surface area contributed by atoms with Gasteiger partial charge in [-0.25, -0.2) is 4.57 Å². The maximum Gasteiger partial charge on any atom is 0.530 e. The molecule has 0 bridgehead atoms. The largest absolute Gasteiger partial charge is 0.530 e. The maximum absolute atomic E-state index is 13.5. The number of phosphoric ester groups is 1. The van der Waals surface area contributed by atoms with Gasteiger partial charge in [0.25, 0.3) is 0 Å². The van der Waals surface area contributed by atoms with Gasteiger partial charge in [0.1, 0.15) is 30.2 Å². The zero-order valence-corrected chi connectivity index (χ0v) is 18.6. The van der Waals surface area contributed by atoms with Gasteiger partial charge in [-0.15, -0.1) is 6.58 Å². The van der Waals surface area contributed by atoms with Crippen molar-refractivity contribution in [3.63, 3.8) is 0 Å². The van der Waals surface area contributed by atoms with Gasteiger partial charge >= 0.3 is 7.82 Å². The van der Waals surface area contributed by atoms with Crippen molar-refractivity contribution in [3.8, 4) is 5.75 Å². The average Bonchev–Trinajstić information content (AvgIpc) is 3.12. The van der Waals surface area contributed by atoms with E-state index in [1.807, 2.05) is 19.9 Å². The van der Waals surface area contributed by atoms with Crippen LogP contribution in [0.25, 0.3) is 0 Å². The van der Waals surface area contributed by atoms with Crippen LogP contribution in [0.3, 0.4) is 0 Å². The van der Waals surface area contributed by atoms with Crippen molar-refractivity contribution >= 4 is 7.82 Å². The summed E-state index contributed by atoms with van der Waals surface area (Å²) in [6, 6.07) is 8.75. The Bertz CT molecular complexity index is 810. The number of fused-ring (bicyclic) bond motifs is 3. The smallest absolute Gasteiger partial charge is 0.404 e. The first-order valence-corrected chi connectivity index (χ1v) is 11.5. The molecule has 9 heteroatoms. The molecule has 3 fully saturated rings. The summed E-state index contributed by atoms with van der Waals surface area (Å²) in [5.74, 6) is -0.449. The average molecular weight is 440 g/mol. The summed E-state index contributed by atoms with van der Waals surface area (Å²) in [4.78, 5) is 0. The number of phosphoric acid groups is 1. The van der Waals surface area contributed by atoms with Crippen molar-refractivity contribution in [1.29, 1.82) is 0 Å². The summed E-state index contributed by atoms with van der Waals surface area (Å²) in [6.45, 7) is 11.4. The summed E-state index contributed by atoms with van der Waals surface area (Å²) in [5.41, 5.74) is -0.466. The molecule has 1 aromatic carbocycles. The van der Waals surface area contributed by atoms with Crippen LogP contribution in [-0.2, 0) is 32.6 Å². The Balaban J connectivity index is 1.56. The van der Waals surface area contributed by atoms with Crippen molar-refractivity contribution in [2.24, 2.45) is 0 Å². The molecule has 0 N–H and O–H groups in total. The summed E-state index contributed by atoms with van der Waals surface area (Å²) in [7, 11) is -3.97. The van der Waals surface area contributed by atoms with Crippen LogP contribution in [0.2, 0.25) is 0 Å². The van der Waals surface area contributed by atoms with E-state index in [0.29, 0.717) is 12.2 Å². The molecular formula is C21H29O8P. The second-order valence-corrected chi connectivity index (χ2v) is 10.2. The molecule has 3 aliphatic rings. The number of rotatable bonds is 7. The van der Waals surface area contributed by atoms with E-state index in [2.05, 4.69) is 6.58 Å². The van der Waals surface area contributed by atoms with E-state index in [9.17, 15) is 4.57 Å². The fourth-order valence-corrected chi connectivity index (χ4v) is 5.38. The van der Waals surface area contributed by atoms with Crippen molar-refractivity contribution in [2.75, 3.05) is 6.61 Å². The van der Waals surface area contributed by atoms with E-state index in [-0.39, 0.29) is 6.61 Å². The van der Waals surface area contributed by atoms with E-state index in [1.54, 1.807) is 44.2 Å². The Labute approximate surface area is 177 Å². The third-order valence-electron chi connectivity index (χ3n) is 5.14. The number of hydrogen-bond acceptors (Lipinski definition) is 8. The molecule has 3 saturated heterocycles. The molecule has 30 heavy (non-hydrogen) atoms. The van der Waals surface area contributed by atoms with Crippen LogP contribution in [0.1, 0.15) is 34.1 Å². The van der Waals surface area contributed by atoms with Gasteiger partial charge in [-0.05, 0) is 46.2 Å². The van der Waals surface area contributed by atoms with Crippen LogP contribution in [0.4, 0.5) is 0 Å². The minimum absolute atomic E-state index is 0.135. The molecule has 3 heterocycles. The Morgan fingerprint density at radius 3 is 2.57 bits per heavy atom. The zero-order valence-electron chi connectivity index (χ0n) is 17.7. The van der Waals surface area contributed by atoms with Crippen molar-refractivity contribution in [3.05, 3.63) is 43.0 Å². The third-order valence-corrected chi connectivity index (χ3v) is 6.61. The monoisotopic (exact) mass is 440 g/mol. The van der Waals surface area contributed by atoms with Crippen LogP contribution in [0.15, 0.2) is 43.0 Å². The number of ether oxygens (including phenoxy) is 4. The molecule has 0 unspecified atom stereocenters. The Morgan fingerprint density at radius 2 is 1.87 bits per heavy atom. The molecule has 6 atom stereocenters. The van der Waals surface area contributed by atoms with Crippen LogP contribution < -0.4 is 4.52 Å². The number of benzene rings is 1. The summed E-state index contributed by atoms with van der Waals surface area (Å²) in [6.07, 6.45) is -0.709. The molecular weight excluding hydrogens is 411 g/mol. The highest BCUT2D eigenvalue weighted by atomic mass is 31.2. The van der Waals surface area contributed by atoms with Gasteiger partial charge in [0.2, 0.25) is 0 Å². The maximum atomic E-state index is 13.5. The van der Waals surface area contributed by atoms with E-state index in [1.165, 1.54) is 0 Å². The van der Waals surface area contributed by atoms with E-state index >= 15 is 0 Å². The Kier molecular flexibility index (Phi) is 5.87. The topological polar surface area (TPSA) is 81.7 Å². The second kappa shape index (κ2) is 8.02. The molecule has 0 amide bonds. The number of hydrogen-bond donors (Lipinski definition) is 0. The van der Waals surface area contributed by atoms with Crippen molar-refractivity contribution in [1.82, 2.24) is 0 Å². The first-order valence-electron chi connectivity index (χ1n) is 10.1. The SMILES string of the molecule is C=CCC(C)(C)OC[C@H]1O[P@@](=O)(Oc2ccccc2)O[C@@H]2[C@H]3OC(C)(C)O[C@H]3O[C@@H]21. The predicted octanol–water partition coefficient (Wildman–Crippen LogP) is 4.21. The van der Waals surface area contributed by atoms with Gasteiger partial charge in [0, 0.05) is 0 Å². The molecule has 1 aromatic rings. The molecule has 3 aliphatic heterocycles. The minimum atomic E-state index is -3.97. The highest BCUT2D eigenvalue weighted by Gasteiger charge is 2.63. The lowest BCUT2D eigenvalue weighted by molar-refractivity contribution is -0.235. The lowest BCUT2D eigenvalue weighted by atomic mass is 10.0. The fraction of sp³-hybridized carbons (Fsp3) is 0.619. The predicted molar refractivity (Wildman–Crippen MR) is 108 cm³/mol. The first kappa shape index (κ1) is 22.0. The first-order chi connectivity index (χ1) is 14.1. The van der Waals surface area contributed by atoms with E-state index < -0.39 is 49.9 Å². The fourth-order valence-electron chi connectivity index (χ4n) is 3.82. The molecule has 0 spiro atoms. The molecule has 8 nitrogen and oxygen atoms in total. The number of para-hydroxylation sites is 1. The molecule has 4 rings (SSSR count). The normalized spacial score (nSPS) is 37.4. The zero-order chi connectivity index (χ0) is 21.6. The molecule has 0 aliphatic carbocycles. The van der Waals surface area contributed by atoms with Gasteiger partial charge in [0.15, 0.2) is 12.1 Å². The van der Waals surface area contributed by atoms with Crippen LogP contribution in [0, 0.1) is 0 Å². The molecule has 0 radical (unpaired) electrons. The Hall–Kier alpha value is -1.25. The highest BCUT2D eigenvalue weighted by molar-refractivity contribution is 7.49. The van der Waals surface area contributed by atoms with Crippen LogP contribution in [-0.4, -0.2) is 48.7 Å². The molecule has 166 valence electrons. The van der Waals surface area contributed by atoms with Gasteiger partial charge in [-0.3, -0.25) is 9.05 Å². The van der Waals surface area contributed by atoms with E-state index in [4.69, 9.17) is 32.5 Å². The van der Waals surface area contributed by atoms with Crippen LogP contribution in [0.5, 0.6) is 5.75 Å². The Morgan fingerprint density at radius 1 is 1.13 bits per heavy atom. The van der Waals surface area contributed by atoms with Gasteiger partial charge in [-0.1, -0.05) is 24.3 Å². The lowest BCUT2D eigenvalue weighted by Gasteiger charge is -2.38. The quantitative estimate of drug-likeness (QED) is 0.461. The molecule has 0 saturated carbocycles. The standard InChI is InChI=1S/C21H29O8P/c1-6-12-20(2,3)23-13-15-16-17(18-19(24-16)26-21(4,5)25-18)29-30(22,28-15)27-14-10-8-7-9-11-14/h6-11,15-19H,1,12-13H2,2-5H3/t15-,16-,17+,18-,19-,30-/m1/s1. The van der Waals surface area contributed by atoms with Gasteiger partial charge in [0.05, 0.1) is 12.2 Å². The summed E-state index contributed by atoms with van der Waals surface area (Å²) in [5, 5.41) is 0. The van der Waals surface area contributed by atoms with Gasteiger partial charge < -0.3 is 23.5 Å². The summed E-state index contributed by atoms with van der Waals surface area (Å²) < 4.78 is 54.6. The summed E-state index contributed by atoms with van der Waals surface area (Å²) >= 11 is 0.